The summed E-state index contributed by atoms with van der Waals surface area (Å²) >= 11 is 1.27. The van der Waals surface area contributed by atoms with Crippen LogP contribution in [-0.2, 0) is 9.53 Å². The van der Waals surface area contributed by atoms with Gasteiger partial charge in [0.05, 0.1) is 4.88 Å². The molecule has 21 heavy (non-hydrogen) atoms. The van der Waals surface area contributed by atoms with Crippen molar-refractivity contribution in [3.8, 4) is 0 Å². The molecule has 0 aliphatic heterocycles. The number of carbonyl (C=O) groups excluding carboxylic acids is 3. The van der Waals surface area contributed by atoms with E-state index in [0.717, 1.165) is 0 Å². The molecule has 0 saturated carbocycles. The first kappa shape index (κ1) is 17.0. The van der Waals surface area contributed by atoms with Crippen LogP contribution in [0.25, 0.3) is 0 Å². The van der Waals surface area contributed by atoms with Crippen molar-refractivity contribution in [2.45, 2.75) is 32.8 Å². The molecule has 1 aromatic heterocycles. The van der Waals surface area contributed by atoms with Gasteiger partial charge in [-0.2, -0.15) is 0 Å². The molecular formula is C13H19N3O4S. The number of hydrazine groups is 1. The number of rotatable bonds is 4. The number of hydrogen-bond acceptors (Lipinski definition) is 5. The van der Waals surface area contributed by atoms with E-state index in [9.17, 15) is 14.4 Å². The topological polar surface area (TPSA) is 96.5 Å². The predicted octanol–water partition coefficient (Wildman–Crippen LogP) is 1.42. The number of amides is 3. The van der Waals surface area contributed by atoms with E-state index in [-0.39, 0.29) is 18.9 Å². The zero-order valence-corrected chi connectivity index (χ0v) is 13.0. The quantitative estimate of drug-likeness (QED) is 0.733. The molecule has 0 spiro atoms. The Labute approximate surface area is 127 Å². The van der Waals surface area contributed by atoms with Gasteiger partial charge in [0, 0.05) is 13.0 Å². The maximum Gasteiger partial charge on any atom is 0.407 e. The van der Waals surface area contributed by atoms with E-state index in [1.165, 1.54) is 11.3 Å². The number of nitrogens with one attached hydrogen (secondary N) is 3. The molecule has 1 heterocycles. The molecule has 116 valence electrons. The third-order valence-corrected chi connectivity index (χ3v) is 2.95. The average Bonchev–Trinajstić information content (AvgIpc) is 2.87. The minimum absolute atomic E-state index is 0.0317. The van der Waals surface area contributed by atoms with Crippen LogP contribution >= 0.6 is 11.3 Å². The van der Waals surface area contributed by atoms with Crippen LogP contribution in [0, 0.1) is 0 Å². The predicted molar refractivity (Wildman–Crippen MR) is 78.8 cm³/mol. The summed E-state index contributed by atoms with van der Waals surface area (Å²) in [5.74, 6) is -0.783. The normalized spacial score (nSPS) is 10.6. The van der Waals surface area contributed by atoms with E-state index in [4.69, 9.17) is 4.74 Å². The molecule has 1 aromatic rings. The summed E-state index contributed by atoms with van der Waals surface area (Å²) in [5.41, 5.74) is 3.98. The summed E-state index contributed by atoms with van der Waals surface area (Å²) in [6.45, 7) is 5.37. The lowest BCUT2D eigenvalue weighted by atomic mass is 10.2. The van der Waals surface area contributed by atoms with E-state index >= 15 is 0 Å². The molecular weight excluding hydrogens is 294 g/mol. The molecule has 1 rings (SSSR count). The smallest absolute Gasteiger partial charge is 0.407 e. The molecule has 3 N–H and O–H groups in total. The fourth-order valence-corrected chi connectivity index (χ4v) is 1.87. The van der Waals surface area contributed by atoms with Gasteiger partial charge in [0.1, 0.15) is 5.60 Å². The lowest BCUT2D eigenvalue weighted by Crippen LogP contribution is -2.42. The average molecular weight is 313 g/mol. The Bertz CT molecular complexity index is 494. The second-order valence-corrected chi connectivity index (χ2v) is 6.11. The molecule has 0 saturated heterocycles. The van der Waals surface area contributed by atoms with Gasteiger partial charge < -0.3 is 10.1 Å². The molecule has 0 aromatic carbocycles. The molecule has 3 amide bonds. The molecule has 0 atom stereocenters. The van der Waals surface area contributed by atoms with Gasteiger partial charge in [-0.05, 0) is 32.2 Å². The van der Waals surface area contributed by atoms with E-state index < -0.39 is 17.6 Å². The number of thiophene rings is 1. The van der Waals surface area contributed by atoms with Crippen LogP contribution in [0.1, 0.15) is 36.9 Å². The molecule has 0 aliphatic rings. The van der Waals surface area contributed by atoms with Crippen LogP contribution in [0.3, 0.4) is 0 Å². The highest BCUT2D eigenvalue weighted by atomic mass is 32.1. The summed E-state index contributed by atoms with van der Waals surface area (Å²) < 4.78 is 5.02. The minimum atomic E-state index is -0.585. The minimum Gasteiger partial charge on any atom is -0.444 e. The highest BCUT2D eigenvalue weighted by Crippen LogP contribution is 2.07. The monoisotopic (exact) mass is 313 g/mol. The van der Waals surface area contributed by atoms with Crippen molar-refractivity contribution in [2.75, 3.05) is 6.54 Å². The Morgan fingerprint density at radius 1 is 1.24 bits per heavy atom. The number of carbonyl (C=O) groups is 3. The van der Waals surface area contributed by atoms with Crippen molar-refractivity contribution in [2.24, 2.45) is 0 Å². The summed E-state index contributed by atoms with van der Waals surface area (Å²) in [4.78, 5) is 34.8. The molecule has 0 bridgehead atoms. The van der Waals surface area contributed by atoms with Crippen LogP contribution in [0.5, 0.6) is 0 Å². The maximum atomic E-state index is 11.5. The molecule has 0 aliphatic carbocycles. The van der Waals surface area contributed by atoms with Gasteiger partial charge in [0.25, 0.3) is 5.91 Å². The van der Waals surface area contributed by atoms with Crippen LogP contribution in [0.2, 0.25) is 0 Å². The summed E-state index contributed by atoms with van der Waals surface area (Å²) in [7, 11) is 0. The molecule has 0 unspecified atom stereocenters. The SMILES string of the molecule is CC(C)(C)OC(=O)NCCC(=O)NNC(=O)c1cccs1. The zero-order valence-electron chi connectivity index (χ0n) is 12.2. The molecule has 0 radical (unpaired) electrons. The van der Waals surface area contributed by atoms with Gasteiger partial charge in [-0.15, -0.1) is 11.3 Å². The van der Waals surface area contributed by atoms with E-state index in [1.54, 1.807) is 38.3 Å². The lowest BCUT2D eigenvalue weighted by Gasteiger charge is -2.19. The van der Waals surface area contributed by atoms with Crippen LogP contribution < -0.4 is 16.2 Å². The third-order valence-electron chi connectivity index (χ3n) is 2.08. The van der Waals surface area contributed by atoms with E-state index in [2.05, 4.69) is 16.2 Å². The largest absolute Gasteiger partial charge is 0.444 e. The fraction of sp³-hybridized carbons (Fsp3) is 0.462. The van der Waals surface area contributed by atoms with Gasteiger partial charge in [-0.1, -0.05) is 6.07 Å². The highest BCUT2D eigenvalue weighted by Gasteiger charge is 2.16. The van der Waals surface area contributed by atoms with Crippen molar-refractivity contribution in [1.29, 1.82) is 0 Å². The van der Waals surface area contributed by atoms with Crippen molar-refractivity contribution in [1.82, 2.24) is 16.2 Å². The van der Waals surface area contributed by atoms with Crippen LogP contribution in [-0.4, -0.2) is 30.1 Å². The van der Waals surface area contributed by atoms with Gasteiger partial charge in [-0.25, -0.2) is 4.79 Å². The second-order valence-electron chi connectivity index (χ2n) is 5.16. The summed E-state index contributed by atoms with van der Waals surface area (Å²) in [5, 5.41) is 4.22. The van der Waals surface area contributed by atoms with Crippen LogP contribution in [0.15, 0.2) is 17.5 Å². The first-order valence-electron chi connectivity index (χ1n) is 6.37. The Morgan fingerprint density at radius 2 is 1.95 bits per heavy atom. The van der Waals surface area contributed by atoms with Crippen molar-refractivity contribution < 1.29 is 19.1 Å². The number of hydrogen-bond donors (Lipinski definition) is 3. The number of ether oxygens (including phenoxy) is 1. The Balaban J connectivity index is 2.17. The van der Waals surface area contributed by atoms with E-state index in [1.807, 2.05) is 0 Å². The van der Waals surface area contributed by atoms with Crippen molar-refractivity contribution in [3.05, 3.63) is 22.4 Å². The third kappa shape index (κ3) is 7.31. The van der Waals surface area contributed by atoms with Gasteiger partial charge >= 0.3 is 6.09 Å². The van der Waals surface area contributed by atoms with Gasteiger partial charge in [-0.3, -0.25) is 20.4 Å². The first-order chi connectivity index (χ1) is 9.78. The molecule has 7 nitrogen and oxygen atoms in total. The summed E-state index contributed by atoms with van der Waals surface area (Å²) in [6.07, 6.45) is -0.554. The Morgan fingerprint density at radius 3 is 2.52 bits per heavy atom. The Kier molecular flexibility index (Phi) is 6.16. The van der Waals surface area contributed by atoms with Crippen molar-refractivity contribution >= 4 is 29.2 Å². The first-order valence-corrected chi connectivity index (χ1v) is 7.25. The Hall–Kier alpha value is -2.09. The number of alkyl carbamates (subject to hydrolysis) is 1. The fourth-order valence-electron chi connectivity index (χ4n) is 1.25. The molecule has 0 fully saturated rings. The van der Waals surface area contributed by atoms with Crippen LogP contribution in [0.4, 0.5) is 4.79 Å². The lowest BCUT2D eigenvalue weighted by molar-refractivity contribution is -0.121. The zero-order chi connectivity index (χ0) is 15.9. The van der Waals surface area contributed by atoms with Gasteiger partial charge in [0.2, 0.25) is 5.91 Å². The maximum absolute atomic E-state index is 11.5. The second kappa shape index (κ2) is 7.63. The summed E-state index contributed by atoms with van der Waals surface area (Å²) in [6, 6.07) is 3.39. The van der Waals surface area contributed by atoms with E-state index in [0.29, 0.717) is 4.88 Å². The van der Waals surface area contributed by atoms with Crippen molar-refractivity contribution in [3.63, 3.8) is 0 Å². The molecule has 8 heteroatoms. The van der Waals surface area contributed by atoms with Gasteiger partial charge in [0.15, 0.2) is 0 Å². The highest BCUT2D eigenvalue weighted by molar-refractivity contribution is 7.12. The standard InChI is InChI=1S/C13H19N3O4S/c1-13(2,3)20-12(19)14-7-6-10(17)15-16-11(18)9-5-4-8-21-9/h4-5,8H,6-7H2,1-3H3,(H,14,19)(H,15,17)(H,16,18).